The van der Waals surface area contributed by atoms with Gasteiger partial charge in [-0.05, 0) is 40.2 Å². The normalized spacial score (nSPS) is 26.1. The van der Waals surface area contributed by atoms with Crippen LogP contribution in [0.4, 0.5) is 0 Å². The van der Waals surface area contributed by atoms with Crippen molar-refractivity contribution in [1.82, 2.24) is 10.6 Å². The largest absolute Gasteiger partial charge is 0.356 e. The lowest BCUT2D eigenvalue weighted by Gasteiger charge is -2.30. The summed E-state index contributed by atoms with van der Waals surface area (Å²) in [5.41, 5.74) is -0.311. The van der Waals surface area contributed by atoms with Crippen molar-refractivity contribution in [3.05, 3.63) is 0 Å². The third kappa shape index (κ3) is 4.91. The zero-order valence-electron chi connectivity index (χ0n) is 9.34. The molecule has 2 atom stereocenters. The fourth-order valence-electron chi connectivity index (χ4n) is 1.56. The quantitative estimate of drug-likeness (QED) is 0.581. The second-order valence-corrected chi connectivity index (χ2v) is 4.79. The van der Waals surface area contributed by atoms with Crippen LogP contribution in [0.2, 0.25) is 0 Å². The van der Waals surface area contributed by atoms with Gasteiger partial charge < -0.3 is 15.2 Å². The molecule has 84 valence electrons. The van der Waals surface area contributed by atoms with Gasteiger partial charge in [-0.25, -0.2) is 0 Å². The Morgan fingerprint density at radius 1 is 1.50 bits per heavy atom. The van der Waals surface area contributed by atoms with Crippen LogP contribution in [0.15, 0.2) is 0 Å². The molecule has 1 saturated heterocycles. The first-order valence-corrected chi connectivity index (χ1v) is 5.30. The van der Waals surface area contributed by atoms with Crippen LogP contribution in [0.3, 0.4) is 0 Å². The Hall–Kier alpha value is -0.160. The Balaban J connectivity index is 2.21. The number of aliphatic hydroxyl groups is 1. The Morgan fingerprint density at radius 3 is 2.71 bits per heavy atom. The number of aliphatic hydroxyl groups excluding tert-OH is 1. The fourth-order valence-corrected chi connectivity index (χ4v) is 1.56. The molecule has 4 nitrogen and oxygen atoms in total. The molecule has 0 saturated carbocycles. The van der Waals surface area contributed by atoms with Crippen LogP contribution in [0.5, 0.6) is 0 Å². The second-order valence-electron chi connectivity index (χ2n) is 4.79. The number of hydrogen-bond acceptors (Lipinski definition) is 4. The zero-order valence-corrected chi connectivity index (χ0v) is 9.34. The van der Waals surface area contributed by atoms with Gasteiger partial charge in [-0.3, -0.25) is 5.32 Å². The molecule has 1 heterocycles. The summed E-state index contributed by atoms with van der Waals surface area (Å²) in [6, 6.07) is 0.320. The second kappa shape index (κ2) is 5.07. The summed E-state index contributed by atoms with van der Waals surface area (Å²) in [6.07, 6.45) is 1.39. The number of ether oxygens (including phenoxy) is 1. The van der Waals surface area contributed by atoms with Crippen molar-refractivity contribution in [3.8, 4) is 0 Å². The van der Waals surface area contributed by atoms with Gasteiger partial charge in [0, 0.05) is 12.6 Å². The predicted molar refractivity (Wildman–Crippen MR) is 55.9 cm³/mol. The summed E-state index contributed by atoms with van der Waals surface area (Å²) in [4.78, 5) is 0. The van der Waals surface area contributed by atoms with Gasteiger partial charge in [0.15, 0.2) is 0 Å². The lowest BCUT2D eigenvalue weighted by atomic mass is 10.1. The standard InChI is InChI=1S/C10H22N2O2/c1-10(2,3)14-9(13)12-8-5-4-6-11-7-8/h8-9,11-13H,4-7H2,1-3H3. The van der Waals surface area contributed by atoms with E-state index in [2.05, 4.69) is 10.6 Å². The van der Waals surface area contributed by atoms with E-state index in [4.69, 9.17) is 4.74 Å². The molecule has 4 heteroatoms. The molecule has 2 unspecified atom stereocenters. The Morgan fingerprint density at radius 2 is 2.21 bits per heavy atom. The maximum atomic E-state index is 9.58. The van der Waals surface area contributed by atoms with Crippen LogP contribution < -0.4 is 10.6 Å². The molecular weight excluding hydrogens is 180 g/mol. The van der Waals surface area contributed by atoms with Crippen molar-refractivity contribution < 1.29 is 9.84 Å². The van der Waals surface area contributed by atoms with Crippen molar-refractivity contribution in [2.75, 3.05) is 13.1 Å². The average molecular weight is 202 g/mol. The van der Waals surface area contributed by atoms with E-state index in [9.17, 15) is 5.11 Å². The molecule has 1 fully saturated rings. The Kier molecular flexibility index (Phi) is 4.31. The number of hydrogen-bond donors (Lipinski definition) is 3. The van der Waals surface area contributed by atoms with E-state index in [1.807, 2.05) is 20.8 Å². The number of piperidine rings is 1. The Labute approximate surface area is 86.0 Å². The number of nitrogens with one attached hydrogen (secondary N) is 2. The fraction of sp³-hybridized carbons (Fsp3) is 1.00. The van der Waals surface area contributed by atoms with E-state index in [0.717, 1.165) is 25.9 Å². The molecule has 0 aliphatic carbocycles. The van der Waals surface area contributed by atoms with Crippen LogP contribution in [0, 0.1) is 0 Å². The highest BCUT2D eigenvalue weighted by atomic mass is 16.6. The molecule has 0 amide bonds. The molecule has 0 aromatic heterocycles. The van der Waals surface area contributed by atoms with Crippen LogP contribution in [-0.4, -0.2) is 36.3 Å². The van der Waals surface area contributed by atoms with Gasteiger partial charge in [-0.2, -0.15) is 0 Å². The molecule has 0 aromatic rings. The zero-order chi connectivity index (χ0) is 10.6. The van der Waals surface area contributed by atoms with Crippen LogP contribution >= 0.6 is 0 Å². The molecule has 14 heavy (non-hydrogen) atoms. The van der Waals surface area contributed by atoms with Gasteiger partial charge in [0.2, 0.25) is 6.41 Å². The van der Waals surface area contributed by atoms with E-state index >= 15 is 0 Å². The summed E-state index contributed by atoms with van der Waals surface area (Å²) in [7, 11) is 0. The first-order chi connectivity index (χ1) is 6.47. The molecule has 0 bridgehead atoms. The average Bonchev–Trinajstić information content (AvgIpc) is 2.02. The van der Waals surface area contributed by atoms with Gasteiger partial charge in [0.05, 0.1) is 5.60 Å². The minimum absolute atomic E-state index is 0.311. The van der Waals surface area contributed by atoms with E-state index in [-0.39, 0.29) is 5.60 Å². The third-order valence-electron chi connectivity index (χ3n) is 2.14. The predicted octanol–water partition coefficient (Wildman–Crippen LogP) is 0.419. The van der Waals surface area contributed by atoms with Crippen molar-refractivity contribution in [3.63, 3.8) is 0 Å². The minimum atomic E-state index is -0.861. The van der Waals surface area contributed by atoms with Gasteiger partial charge in [0.1, 0.15) is 0 Å². The molecule has 0 radical (unpaired) electrons. The highest BCUT2D eigenvalue weighted by Crippen LogP contribution is 2.09. The first-order valence-electron chi connectivity index (χ1n) is 5.30. The van der Waals surface area contributed by atoms with Gasteiger partial charge in [-0.1, -0.05) is 0 Å². The molecule has 3 N–H and O–H groups in total. The van der Waals surface area contributed by atoms with Crippen molar-refractivity contribution >= 4 is 0 Å². The highest BCUT2D eigenvalue weighted by molar-refractivity contribution is 4.74. The van der Waals surface area contributed by atoms with Crippen molar-refractivity contribution in [2.24, 2.45) is 0 Å². The summed E-state index contributed by atoms with van der Waals surface area (Å²) in [5.74, 6) is 0. The van der Waals surface area contributed by atoms with Gasteiger partial charge >= 0.3 is 0 Å². The summed E-state index contributed by atoms with van der Waals surface area (Å²) in [6.45, 7) is 7.77. The molecule has 1 aliphatic heterocycles. The lowest BCUT2D eigenvalue weighted by Crippen LogP contribution is -2.49. The summed E-state index contributed by atoms with van der Waals surface area (Å²) in [5, 5.41) is 15.9. The van der Waals surface area contributed by atoms with E-state index < -0.39 is 6.41 Å². The summed E-state index contributed by atoms with van der Waals surface area (Å²) < 4.78 is 5.36. The van der Waals surface area contributed by atoms with E-state index in [1.54, 1.807) is 0 Å². The molecule has 1 aliphatic rings. The van der Waals surface area contributed by atoms with Crippen molar-refractivity contribution in [1.29, 1.82) is 0 Å². The van der Waals surface area contributed by atoms with Crippen LogP contribution in [0.1, 0.15) is 33.6 Å². The SMILES string of the molecule is CC(C)(C)OC(O)NC1CCCNC1. The minimum Gasteiger partial charge on any atom is -0.356 e. The number of rotatable bonds is 3. The van der Waals surface area contributed by atoms with Crippen molar-refractivity contribution in [2.45, 2.75) is 51.7 Å². The molecule has 0 aromatic carbocycles. The van der Waals surface area contributed by atoms with E-state index in [0.29, 0.717) is 6.04 Å². The monoisotopic (exact) mass is 202 g/mol. The van der Waals surface area contributed by atoms with E-state index in [1.165, 1.54) is 0 Å². The molecule has 1 rings (SSSR count). The molecule has 0 spiro atoms. The first kappa shape index (κ1) is 11.9. The maximum absolute atomic E-state index is 9.58. The molecular formula is C10H22N2O2. The maximum Gasteiger partial charge on any atom is 0.214 e. The highest BCUT2D eigenvalue weighted by Gasteiger charge is 2.20. The summed E-state index contributed by atoms with van der Waals surface area (Å²) >= 11 is 0. The third-order valence-corrected chi connectivity index (χ3v) is 2.14. The topological polar surface area (TPSA) is 53.5 Å². The van der Waals surface area contributed by atoms with Crippen LogP contribution in [-0.2, 0) is 4.74 Å². The lowest BCUT2D eigenvalue weighted by molar-refractivity contribution is -0.186. The Bertz CT molecular complexity index is 162. The van der Waals surface area contributed by atoms with Gasteiger partial charge in [-0.15, -0.1) is 0 Å². The van der Waals surface area contributed by atoms with Gasteiger partial charge in [0.25, 0.3) is 0 Å². The smallest absolute Gasteiger partial charge is 0.214 e. The van der Waals surface area contributed by atoms with Crippen LogP contribution in [0.25, 0.3) is 0 Å².